The summed E-state index contributed by atoms with van der Waals surface area (Å²) in [6.07, 6.45) is 5.37. The van der Waals surface area contributed by atoms with Gasteiger partial charge in [0.1, 0.15) is 5.82 Å². The molecule has 7 heteroatoms. The number of carboxylic acids is 1. The Morgan fingerprint density at radius 2 is 2.21 bits per heavy atom. The molecule has 1 aromatic carbocycles. The number of hydrogen-bond acceptors (Lipinski definition) is 4. The van der Waals surface area contributed by atoms with Crippen LogP contribution in [0.15, 0.2) is 30.4 Å². The minimum atomic E-state index is -0.783. The summed E-state index contributed by atoms with van der Waals surface area (Å²) >= 11 is 1.65. The van der Waals surface area contributed by atoms with Gasteiger partial charge in [-0.25, -0.2) is 4.39 Å². The number of aryl methyl sites for hydroxylation is 1. The molecule has 0 unspecified atom stereocenters. The van der Waals surface area contributed by atoms with Crippen LogP contribution in [0.25, 0.3) is 0 Å². The van der Waals surface area contributed by atoms with E-state index in [0.29, 0.717) is 31.4 Å². The van der Waals surface area contributed by atoms with Crippen molar-refractivity contribution in [3.63, 3.8) is 0 Å². The molecule has 28 heavy (non-hydrogen) atoms. The van der Waals surface area contributed by atoms with Crippen molar-refractivity contribution in [3.8, 4) is 0 Å². The number of aliphatic hydroxyl groups excluding tert-OH is 1. The maximum absolute atomic E-state index is 13.3. The molecular weight excluding hydrogens is 381 g/mol. The summed E-state index contributed by atoms with van der Waals surface area (Å²) in [5.74, 6) is 0.617. The number of amides is 1. The topological polar surface area (TPSA) is 77.8 Å². The molecule has 1 aromatic rings. The summed E-state index contributed by atoms with van der Waals surface area (Å²) in [6, 6.07) is 4.80. The molecule has 1 heterocycles. The maximum atomic E-state index is 13.3. The monoisotopic (exact) mass is 409 g/mol. The van der Waals surface area contributed by atoms with Gasteiger partial charge in [0.15, 0.2) is 0 Å². The Labute approximate surface area is 169 Å². The van der Waals surface area contributed by atoms with Crippen molar-refractivity contribution in [2.45, 2.75) is 51.2 Å². The summed E-state index contributed by atoms with van der Waals surface area (Å²) in [6.45, 7) is 2.32. The van der Waals surface area contributed by atoms with Crippen LogP contribution >= 0.6 is 11.8 Å². The molecule has 0 saturated carbocycles. The molecule has 1 fully saturated rings. The minimum Gasteiger partial charge on any atom is -0.481 e. The zero-order valence-electron chi connectivity index (χ0n) is 16.1. The molecule has 2 atom stereocenters. The van der Waals surface area contributed by atoms with Crippen LogP contribution in [-0.4, -0.2) is 57.2 Å². The third-order valence-corrected chi connectivity index (χ3v) is 5.80. The molecule has 1 saturated heterocycles. The van der Waals surface area contributed by atoms with E-state index < -0.39 is 12.1 Å². The van der Waals surface area contributed by atoms with Gasteiger partial charge < -0.3 is 15.1 Å². The largest absolute Gasteiger partial charge is 0.481 e. The van der Waals surface area contributed by atoms with Gasteiger partial charge in [0, 0.05) is 31.6 Å². The average molecular weight is 410 g/mol. The number of carboxylic acid groups (broad SMARTS) is 1. The summed E-state index contributed by atoms with van der Waals surface area (Å²) in [7, 11) is 0. The molecule has 1 aliphatic rings. The minimum absolute atomic E-state index is 0.0169. The maximum Gasteiger partial charge on any atom is 0.303 e. The fraction of sp³-hybridized carbons (Fsp3) is 0.524. The lowest BCUT2D eigenvalue weighted by atomic mass is 10.0. The van der Waals surface area contributed by atoms with Crippen LogP contribution in [0.2, 0.25) is 0 Å². The van der Waals surface area contributed by atoms with E-state index in [1.54, 1.807) is 36.9 Å². The van der Waals surface area contributed by atoms with Crippen molar-refractivity contribution >= 4 is 23.6 Å². The van der Waals surface area contributed by atoms with Crippen molar-refractivity contribution in [2.75, 3.05) is 18.1 Å². The van der Waals surface area contributed by atoms with Crippen LogP contribution in [0.5, 0.6) is 0 Å². The number of aliphatic carboxylic acids is 1. The van der Waals surface area contributed by atoms with Gasteiger partial charge in [-0.05, 0) is 42.7 Å². The first-order chi connectivity index (χ1) is 13.4. The summed E-state index contributed by atoms with van der Waals surface area (Å²) in [4.78, 5) is 24.4. The van der Waals surface area contributed by atoms with E-state index in [1.807, 2.05) is 11.0 Å². The Hall–Kier alpha value is -1.86. The van der Waals surface area contributed by atoms with E-state index in [1.165, 1.54) is 6.07 Å². The second kappa shape index (κ2) is 11.2. The molecule has 0 aliphatic carbocycles. The van der Waals surface area contributed by atoms with Crippen LogP contribution in [0.1, 0.15) is 36.8 Å². The van der Waals surface area contributed by atoms with Crippen molar-refractivity contribution in [1.29, 1.82) is 0 Å². The predicted molar refractivity (Wildman–Crippen MR) is 109 cm³/mol. The third-order valence-electron chi connectivity index (χ3n) is 4.75. The first kappa shape index (κ1) is 22.4. The van der Waals surface area contributed by atoms with E-state index in [-0.39, 0.29) is 24.2 Å². The van der Waals surface area contributed by atoms with Gasteiger partial charge in [-0.2, -0.15) is 11.8 Å². The molecule has 1 aliphatic heterocycles. The normalized spacial score (nSPS) is 18.2. The number of nitrogens with zero attached hydrogens (tertiary/aromatic N) is 1. The van der Waals surface area contributed by atoms with Crippen LogP contribution in [0.4, 0.5) is 4.39 Å². The zero-order valence-corrected chi connectivity index (χ0v) is 17.0. The second-order valence-corrected chi connectivity index (χ2v) is 8.27. The summed E-state index contributed by atoms with van der Waals surface area (Å²) < 4.78 is 13.3. The van der Waals surface area contributed by atoms with Gasteiger partial charge in [0.05, 0.1) is 12.1 Å². The number of likely N-dealkylation sites (tertiary alicyclic amines) is 1. The van der Waals surface area contributed by atoms with E-state index in [9.17, 15) is 19.1 Å². The number of aliphatic hydroxyl groups is 1. The van der Waals surface area contributed by atoms with Gasteiger partial charge in [-0.15, -0.1) is 0 Å². The van der Waals surface area contributed by atoms with E-state index in [0.717, 1.165) is 23.5 Å². The summed E-state index contributed by atoms with van der Waals surface area (Å²) in [5, 5.41) is 18.9. The highest BCUT2D eigenvalue weighted by atomic mass is 32.2. The van der Waals surface area contributed by atoms with E-state index in [2.05, 4.69) is 0 Å². The third kappa shape index (κ3) is 7.28. The lowest BCUT2D eigenvalue weighted by Crippen LogP contribution is -2.34. The first-order valence-corrected chi connectivity index (χ1v) is 10.7. The smallest absolute Gasteiger partial charge is 0.303 e. The molecule has 0 spiro atoms. The molecule has 2 N–H and O–H groups in total. The number of carbonyl (C=O) groups is 2. The van der Waals surface area contributed by atoms with E-state index >= 15 is 0 Å². The number of halogens is 1. The molecule has 154 valence electrons. The number of hydrogen-bond donors (Lipinski definition) is 2. The first-order valence-electron chi connectivity index (χ1n) is 9.57. The lowest BCUT2D eigenvalue weighted by Gasteiger charge is -2.22. The standard InChI is InChI=1S/C21H28FNO4S/c1-15-13-16(4-8-19(15)22)14-18(24)7-5-17-6-9-20(25)23(17)10-12-28-11-2-3-21(26)27/h4-5,7-8,13,17-18,24H,2-3,6,9-12,14H2,1H3,(H,26,27)/t17-,18+/m0/s1. The number of thioether (sulfide) groups is 1. The number of carbonyl (C=O) groups excluding carboxylic acids is 1. The number of benzene rings is 1. The molecule has 1 amide bonds. The van der Waals surface area contributed by atoms with Gasteiger partial charge in [0.2, 0.25) is 5.91 Å². The highest BCUT2D eigenvalue weighted by molar-refractivity contribution is 7.99. The second-order valence-electron chi connectivity index (χ2n) is 7.04. The Kier molecular flexibility index (Phi) is 8.99. The van der Waals surface area contributed by atoms with Gasteiger partial charge in [-0.3, -0.25) is 9.59 Å². The Morgan fingerprint density at radius 1 is 1.43 bits per heavy atom. The molecule has 0 bridgehead atoms. The van der Waals surface area contributed by atoms with Gasteiger partial charge in [-0.1, -0.05) is 24.3 Å². The van der Waals surface area contributed by atoms with Crippen LogP contribution in [0, 0.1) is 12.7 Å². The SMILES string of the molecule is Cc1cc(C[C@H](O)C=C[C@H]2CCC(=O)N2CCSCCCC(=O)O)ccc1F. The van der Waals surface area contributed by atoms with Gasteiger partial charge in [0.25, 0.3) is 0 Å². The Bertz CT molecular complexity index is 710. The van der Waals surface area contributed by atoms with Gasteiger partial charge >= 0.3 is 5.97 Å². The van der Waals surface area contributed by atoms with E-state index in [4.69, 9.17) is 5.11 Å². The molecule has 0 aromatic heterocycles. The zero-order chi connectivity index (χ0) is 20.5. The Balaban J connectivity index is 1.79. The van der Waals surface area contributed by atoms with Crippen LogP contribution < -0.4 is 0 Å². The predicted octanol–water partition coefficient (Wildman–Crippen LogP) is 3.18. The fourth-order valence-electron chi connectivity index (χ4n) is 3.24. The van der Waals surface area contributed by atoms with Crippen LogP contribution in [-0.2, 0) is 16.0 Å². The highest BCUT2D eigenvalue weighted by Crippen LogP contribution is 2.21. The van der Waals surface area contributed by atoms with Crippen molar-refractivity contribution < 1.29 is 24.2 Å². The van der Waals surface area contributed by atoms with Crippen molar-refractivity contribution in [1.82, 2.24) is 4.90 Å². The lowest BCUT2D eigenvalue weighted by molar-refractivity contribution is -0.137. The quantitative estimate of drug-likeness (QED) is 0.434. The summed E-state index contributed by atoms with van der Waals surface area (Å²) in [5.41, 5.74) is 1.43. The molecule has 2 rings (SSSR count). The number of rotatable bonds is 11. The van der Waals surface area contributed by atoms with Crippen molar-refractivity contribution in [3.05, 3.63) is 47.3 Å². The molecule has 0 radical (unpaired) electrons. The molecule has 5 nitrogen and oxygen atoms in total. The average Bonchev–Trinajstić information content (AvgIpc) is 2.99. The van der Waals surface area contributed by atoms with Crippen molar-refractivity contribution in [2.24, 2.45) is 0 Å². The fourth-order valence-corrected chi connectivity index (χ4v) is 4.12. The highest BCUT2D eigenvalue weighted by Gasteiger charge is 2.28. The van der Waals surface area contributed by atoms with Crippen LogP contribution in [0.3, 0.4) is 0 Å². The molecular formula is C21H28FNO4S. The Morgan fingerprint density at radius 3 is 2.93 bits per heavy atom.